The van der Waals surface area contributed by atoms with E-state index < -0.39 is 18.1 Å². The van der Waals surface area contributed by atoms with Crippen LogP contribution in [0.15, 0.2) is 60.8 Å². The monoisotopic (exact) mass is 486 g/mol. The first-order valence-electron chi connectivity index (χ1n) is 12.5. The second-order valence-corrected chi connectivity index (χ2v) is 9.52. The number of amides is 2. The summed E-state index contributed by atoms with van der Waals surface area (Å²) in [6.45, 7) is 1.41. The van der Waals surface area contributed by atoms with Gasteiger partial charge in [0.25, 0.3) is 0 Å². The van der Waals surface area contributed by atoms with E-state index in [4.69, 9.17) is 0 Å². The van der Waals surface area contributed by atoms with E-state index in [2.05, 4.69) is 10.3 Å². The maximum absolute atomic E-state index is 13.8. The number of fused-ring (bicyclic) bond motifs is 1. The predicted octanol–water partition coefficient (Wildman–Crippen LogP) is 1.88. The lowest BCUT2D eigenvalue weighted by atomic mass is 9.95. The highest BCUT2D eigenvalue weighted by Gasteiger charge is 2.43. The van der Waals surface area contributed by atoms with Crippen LogP contribution in [0.25, 0.3) is 10.9 Å². The molecule has 2 N–H and O–H groups in total. The number of Topliss-reactive ketones (excluding diaryl/α,β-unsaturated/α-hetero) is 1. The van der Waals surface area contributed by atoms with Crippen molar-refractivity contribution >= 4 is 34.8 Å². The van der Waals surface area contributed by atoms with Crippen molar-refractivity contribution in [2.75, 3.05) is 19.6 Å². The number of aldehydes is 1. The Balaban J connectivity index is 1.41. The van der Waals surface area contributed by atoms with Crippen LogP contribution in [0.2, 0.25) is 0 Å². The van der Waals surface area contributed by atoms with Gasteiger partial charge in [0, 0.05) is 43.2 Å². The van der Waals surface area contributed by atoms with Crippen molar-refractivity contribution in [3.8, 4) is 0 Å². The maximum Gasteiger partial charge on any atom is 0.240 e. The van der Waals surface area contributed by atoms with Crippen molar-refractivity contribution in [2.45, 2.75) is 43.8 Å². The zero-order valence-corrected chi connectivity index (χ0v) is 20.1. The zero-order chi connectivity index (χ0) is 25.1. The third kappa shape index (κ3) is 4.81. The van der Waals surface area contributed by atoms with Gasteiger partial charge in [-0.15, -0.1) is 0 Å². The Morgan fingerprint density at radius 2 is 1.83 bits per heavy atom. The molecule has 2 fully saturated rings. The zero-order valence-electron chi connectivity index (χ0n) is 20.1. The van der Waals surface area contributed by atoms with Gasteiger partial charge < -0.3 is 20.0 Å². The number of carbonyl (C=O) groups excluding carboxylic acids is 4. The highest BCUT2D eigenvalue weighted by Crippen LogP contribution is 2.25. The SMILES string of the molecule is O=CC(C(=O)[C@@H]1CCC(=O)N1)N1CCN(CCc2ccccc2)C(=O)[C@H]1Cc1c[nH]c2ccccc12. The molecule has 8 heteroatoms. The second-order valence-electron chi connectivity index (χ2n) is 9.52. The molecule has 3 aromatic rings. The van der Waals surface area contributed by atoms with Crippen LogP contribution in [0.5, 0.6) is 0 Å². The van der Waals surface area contributed by atoms with Crippen molar-refractivity contribution in [3.63, 3.8) is 0 Å². The Kier molecular flexibility index (Phi) is 6.95. The summed E-state index contributed by atoms with van der Waals surface area (Å²) in [7, 11) is 0. The number of nitrogens with zero attached hydrogens (tertiary/aromatic N) is 2. The number of aromatic nitrogens is 1. The van der Waals surface area contributed by atoms with E-state index >= 15 is 0 Å². The molecule has 2 amide bonds. The Labute approximate surface area is 209 Å². The van der Waals surface area contributed by atoms with Gasteiger partial charge >= 0.3 is 0 Å². The second kappa shape index (κ2) is 10.5. The number of ketones is 1. The predicted molar refractivity (Wildman–Crippen MR) is 135 cm³/mol. The minimum Gasteiger partial charge on any atom is -0.361 e. The number of H-pyrrole nitrogens is 1. The van der Waals surface area contributed by atoms with Crippen LogP contribution in [0.3, 0.4) is 0 Å². The number of rotatable bonds is 9. The minimum absolute atomic E-state index is 0.0856. The normalized spacial score (nSPS) is 21.5. The first-order valence-corrected chi connectivity index (χ1v) is 12.5. The molecule has 3 heterocycles. The lowest BCUT2D eigenvalue weighted by Gasteiger charge is -2.43. The molecule has 36 heavy (non-hydrogen) atoms. The van der Waals surface area contributed by atoms with Gasteiger partial charge in [-0.2, -0.15) is 0 Å². The number of benzene rings is 2. The summed E-state index contributed by atoms with van der Waals surface area (Å²) in [4.78, 5) is 57.8. The Bertz CT molecular complexity index is 1270. The smallest absolute Gasteiger partial charge is 0.240 e. The molecule has 2 saturated heterocycles. The van der Waals surface area contributed by atoms with Gasteiger partial charge in [-0.25, -0.2) is 0 Å². The molecule has 1 unspecified atom stereocenters. The largest absolute Gasteiger partial charge is 0.361 e. The standard InChI is InChI=1S/C28H30N4O4/c33-18-25(27(35)23-10-11-26(34)30-23)32-15-14-31(13-12-19-6-2-1-3-7-19)28(36)24(32)16-20-17-29-22-9-5-4-8-21(20)22/h1-9,17-18,23-25,29H,10-16H2,(H,30,34)/t23-,24+,25?/m0/s1. The molecular weight excluding hydrogens is 456 g/mol. The third-order valence-corrected chi connectivity index (χ3v) is 7.34. The molecule has 0 bridgehead atoms. The molecule has 186 valence electrons. The number of aromatic amines is 1. The van der Waals surface area contributed by atoms with Gasteiger partial charge in [0.05, 0.1) is 12.1 Å². The topological polar surface area (TPSA) is 103 Å². The number of hydrogen-bond acceptors (Lipinski definition) is 5. The van der Waals surface area contributed by atoms with Crippen molar-refractivity contribution < 1.29 is 19.2 Å². The Morgan fingerprint density at radius 3 is 2.58 bits per heavy atom. The van der Waals surface area contributed by atoms with Crippen molar-refractivity contribution in [3.05, 3.63) is 71.9 Å². The van der Waals surface area contributed by atoms with Gasteiger partial charge in [-0.1, -0.05) is 48.5 Å². The van der Waals surface area contributed by atoms with Crippen molar-refractivity contribution in [2.24, 2.45) is 0 Å². The molecule has 2 aromatic carbocycles. The van der Waals surface area contributed by atoms with Gasteiger partial charge in [0.15, 0.2) is 5.78 Å². The molecule has 8 nitrogen and oxygen atoms in total. The first-order chi connectivity index (χ1) is 17.5. The van der Waals surface area contributed by atoms with Crippen molar-refractivity contribution in [1.29, 1.82) is 0 Å². The van der Waals surface area contributed by atoms with E-state index in [9.17, 15) is 19.2 Å². The summed E-state index contributed by atoms with van der Waals surface area (Å²) < 4.78 is 0. The van der Waals surface area contributed by atoms with Crippen LogP contribution in [-0.4, -0.2) is 76.4 Å². The molecule has 2 aliphatic heterocycles. The van der Waals surface area contributed by atoms with Crippen LogP contribution in [0.1, 0.15) is 24.0 Å². The van der Waals surface area contributed by atoms with E-state index in [1.54, 1.807) is 4.90 Å². The molecule has 5 rings (SSSR count). The number of para-hydroxylation sites is 1. The highest BCUT2D eigenvalue weighted by molar-refractivity contribution is 6.04. The van der Waals surface area contributed by atoms with Crippen LogP contribution >= 0.6 is 0 Å². The van der Waals surface area contributed by atoms with E-state index in [1.807, 2.05) is 65.7 Å². The average molecular weight is 487 g/mol. The average Bonchev–Trinajstić information content (AvgIpc) is 3.52. The van der Waals surface area contributed by atoms with Gasteiger partial charge in [-0.3, -0.25) is 19.3 Å². The molecule has 1 aromatic heterocycles. The maximum atomic E-state index is 13.8. The van der Waals surface area contributed by atoms with Crippen LogP contribution < -0.4 is 5.32 Å². The number of hydrogen-bond donors (Lipinski definition) is 2. The summed E-state index contributed by atoms with van der Waals surface area (Å²) >= 11 is 0. The Morgan fingerprint density at radius 1 is 1.06 bits per heavy atom. The van der Waals surface area contributed by atoms with E-state index in [1.165, 1.54) is 0 Å². The van der Waals surface area contributed by atoms with Gasteiger partial charge in [0.1, 0.15) is 12.3 Å². The summed E-state index contributed by atoms with van der Waals surface area (Å²) in [5.41, 5.74) is 3.09. The van der Waals surface area contributed by atoms with Gasteiger partial charge in [-0.05, 0) is 36.5 Å². The summed E-state index contributed by atoms with van der Waals surface area (Å²) in [6.07, 6.45) is 4.28. The number of carbonyl (C=O) groups is 4. The quantitative estimate of drug-likeness (QED) is 0.355. The summed E-state index contributed by atoms with van der Waals surface area (Å²) in [6, 6.07) is 15.5. The van der Waals surface area contributed by atoms with E-state index in [0.29, 0.717) is 38.8 Å². The number of nitrogens with one attached hydrogen (secondary N) is 2. The molecule has 0 radical (unpaired) electrons. The molecule has 0 aliphatic carbocycles. The first kappa shape index (κ1) is 23.9. The lowest BCUT2D eigenvalue weighted by Crippen LogP contribution is -2.64. The lowest BCUT2D eigenvalue weighted by molar-refractivity contribution is -0.147. The molecule has 3 atom stereocenters. The van der Waals surface area contributed by atoms with E-state index in [0.717, 1.165) is 28.5 Å². The third-order valence-electron chi connectivity index (χ3n) is 7.34. The van der Waals surface area contributed by atoms with E-state index in [-0.39, 0.29) is 24.0 Å². The molecule has 0 spiro atoms. The fourth-order valence-electron chi connectivity index (χ4n) is 5.37. The Hall–Kier alpha value is -3.78. The van der Waals surface area contributed by atoms with Crippen molar-refractivity contribution in [1.82, 2.24) is 20.1 Å². The van der Waals surface area contributed by atoms with Crippen LogP contribution in [0, 0.1) is 0 Å². The summed E-state index contributed by atoms with van der Waals surface area (Å²) in [5.74, 6) is -0.613. The van der Waals surface area contributed by atoms with Crippen LogP contribution in [0.4, 0.5) is 0 Å². The summed E-state index contributed by atoms with van der Waals surface area (Å²) in [5, 5.41) is 3.69. The minimum atomic E-state index is -1.08. The fourth-order valence-corrected chi connectivity index (χ4v) is 5.37. The fraction of sp³-hybridized carbons (Fsp3) is 0.357. The highest BCUT2D eigenvalue weighted by atomic mass is 16.2. The molecule has 2 aliphatic rings. The molecule has 0 saturated carbocycles. The number of piperazine rings is 1. The van der Waals surface area contributed by atoms with Crippen LogP contribution in [-0.2, 0) is 32.0 Å². The molecular formula is C28H30N4O4. The van der Waals surface area contributed by atoms with Gasteiger partial charge in [0.2, 0.25) is 11.8 Å².